The molecule has 3 aromatic carbocycles. The fourth-order valence-corrected chi connectivity index (χ4v) is 2.57. The number of hydrogen-bond donors (Lipinski definition) is 3. The van der Waals surface area contributed by atoms with Gasteiger partial charge in [0.15, 0.2) is 0 Å². The second-order valence-electron chi connectivity index (χ2n) is 5.34. The molecule has 5 N–H and O–H groups in total. The lowest BCUT2D eigenvalue weighted by Crippen LogP contribution is -1.96. The minimum Gasteiger partial charge on any atom is -0.508 e. The summed E-state index contributed by atoms with van der Waals surface area (Å²) < 4.78 is 0. The highest BCUT2D eigenvalue weighted by atomic mass is 16.3. The molecule has 0 unspecified atom stereocenters. The van der Waals surface area contributed by atoms with Gasteiger partial charge in [-0.3, -0.25) is 0 Å². The van der Waals surface area contributed by atoms with E-state index in [9.17, 15) is 5.11 Å². The summed E-state index contributed by atoms with van der Waals surface area (Å²) in [5.41, 5.74) is 17.3. The van der Waals surface area contributed by atoms with Crippen molar-refractivity contribution in [3.8, 4) is 16.9 Å². The van der Waals surface area contributed by atoms with E-state index in [0.717, 1.165) is 27.9 Å². The van der Waals surface area contributed by atoms with Crippen molar-refractivity contribution in [1.29, 1.82) is 0 Å². The van der Waals surface area contributed by atoms with Crippen molar-refractivity contribution in [3.63, 3.8) is 0 Å². The molecule has 22 heavy (non-hydrogen) atoms. The lowest BCUT2D eigenvalue weighted by Gasteiger charge is -2.12. The van der Waals surface area contributed by atoms with E-state index in [-0.39, 0.29) is 0 Å². The molecule has 3 rings (SSSR count). The van der Waals surface area contributed by atoms with Crippen LogP contribution < -0.4 is 11.5 Å². The smallest absolute Gasteiger partial charge is 0.119 e. The Morgan fingerprint density at radius 1 is 0.727 bits per heavy atom. The molecule has 3 heteroatoms. The number of phenolic OH excluding ortho intramolecular Hbond substituents is 1. The zero-order valence-electron chi connectivity index (χ0n) is 12.2. The second-order valence-corrected chi connectivity index (χ2v) is 5.34. The maximum Gasteiger partial charge on any atom is 0.119 e. The molecule has 0 heterocycles. The summed E-state index contributed by atoms with van der Waals surface area (Å²) in [4.78, 5) is 0. The molecule has 0 aromatic heterocycles. The Kier molecular flexibility index (Phi) is 3.71. The second kappa shape index (κ2) is 5.82. The van der Waals surface area contributed by atoms with Gasteiger partial charge in [0, 0.05) is 17.8 Å². The van der Waals surface area contributed by atoms with Gasteiger partial charge in [-0.15, -0.1) is 0 Å². The van der Waals surface area contributed by atoms with Crippen molar-refractivity contribution in [1.82, 2.24) is 0 Å². The number of nitrogens with two attached hydrogens (primary N) is 2. The van der Waals surface area contributed by atoms with Gasteiger partial charge in [-0.2, -0.15) is 0 Å². The molecule has 0 aliphatic rings. The van der Waals surface area contributed by atoms with Gasteiger partial charge in [0.05, 0.1) is 0 Å². The van der Waals surface area contributed by atoms with Gasteiger partial charge >= 0.3 is 0 Å². The Hall–Kier alpha value is -2.94. The molecule has 0 saturated heterocycles. The SMILES string of the molecule is Nc1ccc(-c2ccc(N)cc2Cc2ccccc2O)cc1. The number of aromatic hydroxyl groups is 1. The number of anilines is 2. The van der Waals surface area contributed by atoms with Crippen LogP contribution in [-0.2, 0) is 6.42 Å². The Balaban J connectivity index is 2.05. The molecule has 0 fully saturated rings. The summed E-state index contributed by atoms with van der Waals surface area (Å²) in [6.07, 6.45) is 0.622. The van der Waals surface area contributed by atoms with E-state index in [4.69, 9.17) is 11.5 Å². The molecular weight excluding hydrogens is 272 g/mol. The van der Waals surface area contributed by atoms with Crippen LogP contribution in [0.3, 0.4) is 0 Å². The van der Waals surface area contributed by atoms with Crippen molar-refractivity contribution in [2.24, 2.45) is 0 Å². The number of rotatable bonds is 3. The largest absolute Gasteiger partial charge is 0.508 e. The molecule has 0 aliphatic heterocycles. The average molecular weight is 290 g/mol. The minimum absolute atomic E-state index is 0.299. The van der Waals surface area contributed by atoms with E-state index in [1.54, 1.807) is 6.07 Å². The molecule has 0 saturated carbocycles. The zero-order chi connectivity index (χ0) is 15.5. The van der Waals surface area contributed by atoms with Gasteiger partial charge in [0.25, 0.3) is 0 Å². The predicted molar refractivity (Wildman–Crippen MR) is 91.6 cm³/mol. The summed E-state index contributed by atoms with van der Waals surface area (Å²) in [6.45, 7) is 0. The van der Waals surface area contributed by atoms with Crippen molar-refractivity contribution in [2.75, 3.05) is 11.5 Å². The van der Waals surface area contributed by atoms with E-state index < -0.39 is 0 Å². The van der Waals surface area contributed by atoms with Gasteiger partial charge in [0.2, 0.25) is 0 Å². The van der Waals surface area contributed by atoms with E-state index in [1.165, 1.54) is 0 Å². The Morgan fingerprint density at radius 3 is 2.14 bits per heavy atom. The molecule has 0 bridgehead atoms. The summed E-state index contributed by atoms with van der Waals surface area (Å²) >= 11 is 0. The van der Waals surface area contributed by atoms with E-state index in [1.807, 2.05) is 60.7 Å². The number of phenols is 1. The Morgan fingerprint density at radius 2 is 1.41 bits per heavy atom. The van der Waals surface area contributed by atoms with Gasteiger partial charge in [0.1, 0.15) is 5.75 Å². The van der Waals surface area contributed by atoms with Crippen molar-refractivity contribution in [2.45, 2.75) is 6.42 Å². The van der Waals surface area contributed by atoms with Crippen LogP contribution in [0.1, 0.15) is 11.1 Å². The first-order chi connectivity index (χ1) is 10.6. The van der Waals surface area contributed by atoms with Crippen molar-refractivity contribution in [3.05, 3.63) is 77.9 Å². The first-order valence-electron chi connectivity index (χ1n) is 7.14. The third kappa shape index (κ3) is 2.88. The molecule has 0 amide bonds. The van der Waals surface area contributed by atoms with Crippen molar-refractivity contribution >= 4 is 11.4 Å². The molecular formula is C19H18N2O. The lowest BCUT2D eigenvalue weighted by molar-refractivity contribution is 0.469. The van der Waals surface area contributed by atoms with E-state index in [0.29, 0.717) is 17.9 Å². The molecule has 0 spiro atoms. The molecule has 0 radical (unpaired) electrons. The van der Waals surface area contributed by atoms with Crippen LogP contribution in [0, 0.1) is 0 Å². The molecule has 0 atom stereocenters. The molecule has 0 aliphatic carbocycles. The summed E-state index contributed by atoms with van der Waals surface area (Å²) in [7, 11) is 0. The normalized spacial score (nSPS) is 10.5. The number of nitrogen functional groups attached to an aromatic ring is 2. The van der Waals surface area contributed by atoms with Crippen LogP contribution >= 0.6 is 0 Å². The highest BCUT2D eigenvalue weighted by Crippen LogP contribution is 2.30. The van der Waals surface area contributed by atoms with Crippen LogP contribution in [0.25, 0.3) is 11.1 Å². The summed E-state index contributed by atoms with van der Waals surface area (Å²) in [6, 6.07) is 21.0. The van der Waals surface area contributed by atoms with Crippen LogP contribution in [-0.4, -0.2) is 5.11 Å². The standard InChI is InChI=1S/C19H18N2O/c20-16-7-5-13(6-8-16)18-10-9-17(21)12-15(18)11-14-3-1-2-4-19(14)22/h1-10,12,22H,11,20-21H2. The van der Waals surface area contributed by atoms with Gasteiger partial charge < -0.3 is 16.6 Å². The average Bonchev–Trinajstić information content (AvgIpc) is 2.51. The third-order valence-corrected chi connectivity index (χ3v) is 3.72. The molecule has 3 nitrogen and oxygen atoms in total. The number of para-hydroxylation sites is 1. The monoisotopic (exact) mass is 290 g/mol. The maximum absolute atomic E-state index is 9.99. The lowest BCUT2D eigenvalue weighted by atomic mass is 9.94. The van der Waals surface area contributed by atoms with Crippen LogP contribution in [0.2, 0.25) is 0 Å². The first-order valence-corrected chi connectivity index (χ1v) is 7.14. The highest BCUT2D eigenvalue weighted by molar-refractivity contribution is 5.71. The fraction of sp³-hybridized carbons (Fsp3) is 0.0526. The van der Waals surface area contributed by atoms with E-state index in [2.05, 4.69) is 0 Å². The van der Waals surface area contributed by atoms with Gasteiger partial charge in [-0.1, -0.05) is 36.4 Å². The summed E-state index contributed by atoms with van der Waals surface area (Å²) in [5, 5.41) is 9.99. The van der Waals surface area contributed by atoms with Crippen LogP contribution in [0.5, 0.6) is 5.75 Å². The topological polar surface area (TPSA) is 72.3 Å². The number of benzene rings is 3. The Bertz CT molecular complexity index is 795. The fourth-order valence-electron chi connectivity index (χ4n) is 2.57. The quantitative estimate of drug-likeness (QED) is 0.642. The molecule has 110 valence electrons. The third-order valence-electron chi connectivity index (χ3n) is 3.72. The highest BCUT2D eigenvalue weighted by Gasteiger charge is 2.09. The Labute approximate surface area is 129 Å². The van der Waals surface area contributed by atoms with E-state index >= 15 is 0 Å². The maximum atomic E-state index is 9.99. The van der Waals surface area contributed by atoms with Gasteiger partial charge in [-0.05, 0) is 52.6 Å². The number of hydrogen-bond acceptors (Lipinski definition) is 3. The van der Waals surface area contributed by atoms with Crippen molar-refractivity contribution < 1.29 is 5.11 Å². The predicted octanol–water partition coefficient (Wildman–Crippen LogP) is 3.81. The first kappa shape index (κ1) is 14.0. The minimum atomic E-state index is 0.299. The van der Waals surface area contributed by atoms with Crippen LogP contribution in [0.4, 0.5) is 11.4 Å². The zero-order valence-corrected chi connectivity index (χ0v) is 12.2. The summed E-state index contributed by atoms with van der Waals surface area (Å²) in [5.74, 6) is 0.299. The molecule has 3 aromatic rings. The van der Waals surface area contributed by atoms with Gasteiger partial charge in [-0.25, -0.2) is 0 Å². The van der Waals surface area contributed by atoms with Crippen LogP contribution in [0.15, 0.2) is 66.7 Å².